The third kappa shape index (κ3) is 0.604. The first-order chi connectivity index (χ1) is 2.80. The van der Waals surface area contributed by atoms with Gasteiger partial charge in [0.15, 0.2) is 0 Å². The molecule has 1 fully saturated rings. The zero-order chi connectivity index (χ0) is 4.57. The monoisotopic (exact) mass is 148 g/mol. The van der Waals surface area contributed by atoms with Gasteiger partial charge in [-0.1, -0.05) is 22.9 Å². The average molecular weight is 149 g/mol. The van der Waals surface area contributed by atoms with Gasteiger partial charge in [-0.3, -0.25) is 0 Å². The van der Waals surface area contributed by atoms with E-state index in [9.17, 15) is 0 Å². The molecule has 0 amide bonds. The number of rotatable bonds is 0. The molecular formula is C5H9Br. The predicted octanol–water partition coefficient (Wildman–Crippen LogP) is 2.18. The zero-order valence-electron chi connectivity index (χ0n) is 3.95. The van der Waals surface area contributed by atoms with E-state index in [2.05, 4.69) is 22.9 Å². The van der Waals surface area contributed by atoms with Gasteiger partial charge in [-0.05, 0) is 18.8 Å². The molecule has 6 heavy (non-hydrogen) atoms. The zero-order valence-corrected chi connectivity index (χ0v) is 5.53. The summed E-state index contributed by atoms with van der Waals surface area (Å²) in [6, 6.07) is 0. The van der Waals surface area contributed by atoms with Crippen LogP contribution in [-0.2, 0) is 0 Å². The summed E-state index contributed by atoms with van der Waals surface area (Å²) in [6.07, 6.45) is 2.82. The molecule has 1 aliphatic carbocycles. The number of hydrogen-bond acceptors (Lipinski definition) is 0. The molecule has 0 nitrogen and oxygen atoms in total. The van der Waals surface area contributed by atoms with E-state index in [1.54, 1.807) is 0 Å². The largest absolute Gasteiger partial charge is 0.0888 e. The highest BCUT2D eigenvalue weighted by Gasteiger charge is 2.22. The van der Waals surface area contributed by atoms with Gasteiger partial charge in [0.1, 0.15) is 0 Å². The van der Waals surface area contributed by atoms with E-state index in [4.69, 9.17) is 0 Å². The normalized spacial score (nSPS) is 45.0. The van der Waals surface area contributed by atoms with Crippen LogP contribution in [0.2, 0.25) is 0 Å². The SMILES string of the molecule is C[C@H]1CC[C@H]1Br. The maximum atomic E-state index is 3.53. The highest BCUT2D eigenvalue weighted by molar-refractivity contribution is 9.09. The van der Waals surface area contributed by atoms with E-state index in [0.29, 0.717) is 0 Å². The maximum absolute atomic E-state index is 3.53. The molecule has 0 aliphatic heterocycles. The highest BCUT2D eigenvalue weighted by Crippen LogP contribution is 2.32. The molecule has 0 bridgehead atoms. The Balaban J connectivity index is 2.20. The standard InChI is InChI=1S/C5H9Br/c1-4-2-3-5(4)6/h4-5H,2-3H2,1H3/t4-,5+/m0/s1. The van der Waals surface area contributed by atoms with Crippen LogP contribution in [0.4, 0.5) is 0 Å². The second-order valence-corrected chi connectivity index (χ2v) is 3.25. The fraction of sp³-hybridized carbons (Fsp3) is 1.00. The average Bonchev–Trinajstić information content (AvgIpc) is 1.61. The van der Waals surface area contributed by atoms with E-state index in [0.717, 1.165) is 10.7 Å². The van der Waals surface area contributed by atoms with Crippen molar-refractivity contribution in [1.29, 1.82) is 0 Å². The summed E-state index contributed by atoms with van der Waals surface area (Å²) >= 11 is 3.53. The van der Waals surface area contributed by atoms with Crippen molar-refractivity contribution in [1.82, 2.24) is 0 Å². The molecule has 1 heteroatoms. The summed E-state index contributed by atoms with van der Waals surface area (Å²) in [4.78, 5) is 0.845. The fourth-order valence-corrected chi connectivity index (χ4v) is 1.15. The molecule has 0 N–H and O–H groups in total. The van der Waals surface area contributed by atoms with Crippen LogP contribution in [0, 0.1) is 5.92 Å². The van der Waals surface area contributed by atoms with Crippen LogP contribution in [0.15, 0.2) is 0 Å². The van der Waals surface area contributed by atoms with Crippen molar-refractivity contribution in [3.05, 3.63) is 0 Å². The van der Waals surface area contributed by atoms with Gasteiger partial charge in [0, 0.05) is 4.83 Å². The van der Waals surface area contributed by atoms with Gasteiger partial charge in [-0.15, -0.1) is 0 Å². The van der Waals surface area contributed by atoms with Crippen molar-refractivity contribution in [3.8, 4) is 0 Å². The van der Waals surface area contributed by atoms with Crippen molar-refractivity contribution in [3.63, 3.8) is 0 Å². The molecule has 1 rings (SSSR count). The number of halogens is 1. The predicted molar refractivity (Wildman–Crippen MR) is 31.1 cm³/mol. The van der Waals surface area contributed by atoms with Crippen LogP contribution in [0.5, 0.6) is 0 Å². The Morgan fingerprint density at radius 2 is 2.00 bits per heavy atom. The second kappa shape index (κ2) is 1.53. The van der Waals surface area contributed by atoms with Crippen molar-refractivity contribution in [2.24, 2.45) is 5.92 Å². The molecular weight excluding hydrogens is 140 g/mol. The summed E-state index contributed by atoms with van der Waals surface area (Å²) in [7, 11) is 0. The first-order valence-electron chi connectivity index (χ1n) is 2.45. The van der Waals surface area contributed by atoms with Gasteiger partial charge in [0.05, 0.1) is 0 Å². The number of hydrogen-bond donors (Lipinski definition) is 0. The quantitative estimate of drug-likeness (QED) is 0.463. The van der Waals surface area contributed by atoms with Gasteiger partial charge < -0.3 is 0 Å². The summed E-state index contributed by atoms with van der Waals surface area (Å²) in [5.74, 6) is 0.949. The van der Waals surface area contributed by atoms with Crippen molar-refractivity contribution in [2.45, 2.75) is 24.6 Å². The summed E-state index contributed by atoms with van der Waals surface area (Å²) < 4.78 is 0. The van der Waals surface area contributed by atoms with Crippen LogP contribution >= 0.6 is 15.9 Å². The topological polar surface area (TPSA) is 0 Å². The Morgan fingerprint density at radius 1 is 1.50 bits per heavy atom. The van der Waals surface area contributed by atoms with E-state index < -0.39 is 0 Å². The second-order valence-electron chi connectivity index (χ2n) is 2.07. The number of alkyl halides is 1. The lowest BCUT2D eigenvalue weighted by atomic mass is 9.87. The Morgan fingerprint density at radius 3 is 2.00 bits per heavy atom. The lowest BCUT2D eigenvalue weighted by Gasteiger charge is -2.27. The third-order valence-electron chi connectivity index (χ3n) is 1.52. The first kappa shape index (κ1) is 4.63. The van der Waals surface area contributed by atoms with Crippen LogP contribution in [-0.4, -0.2) is 4.83 Å². The summed E-state index contributed by atoms with van der Waals surface area (Å²) in [6.45, 7) is 2.28. The lowest BCUT2D eigenvalue weighted by Crippen LogP contribution is -2.21. The smallest absolute Gasteiger partial charge is 0.0171 e. The summed E-state index contributed by atoms with van der Waals surface area (Å²) in [5, 5.41) is 0. The van der Waals surface area contributed by atoms with E-state index in [1.807, 2.05) is 0 Å². The Labute approximate surface area is 47.1 Å². The van der Waals surface area contributed by atoms with Crippen LogP contribution in [0.25, 0.3) is 0 Å². The first-order valence-corrected chi connectivity index (χ1v) is 3.36. The van der Waals surface area contributed by atoms with E-state index >= 15 is 0 Å². The Bertz CT molecular complexity index is 43.9. The molecule has 0 spiro atoms. The van der Waals surface area contributed by atoms with Crippen molar-refractivity contribution < 1.29 is 0 Å². The van der Waals surface area contributed by atoms with Crippen LogP contribution < -0.4 is 0 Å². The van der Waals surface area contributed by atoms with Gasteiger partial charge in [-0.25, -0.2) is 0 Å². The Kier molecular flexibility index (Phi) is 1.18. The van der Waals surface area contributed by atoms with Crippen molar-refractivity contribution >= 4 is 15.9 Å². The van der Waals surface area contributed by atoms with Gasteiger partial charge in [0.25, 0.3) is 0 Å². The molecule has 0 aromatic heterocycles. The minimum atomic E-state index is 0.845. The molecule has 0 aromatic carbocycles. The minimum absolute atomic E-state index is 0.845. The van der Waals surface area contributed by atoms with Gasteiger partial charge in [0.2, 0.25) is 0 Å². The van der Waals surface area contributed by atoms with Gasteiger partial charge in [-0.2, -0.15) is 0 Å². The fourth-order valence-electron chi connectivity index (χ4n) is 0.626. The molecule has 0 aromatic rings. The van der Waals surface area contributed by atoms with Gasteiger partial charge >= 0.3 is 0 Å². The molecule has 1 aliphatic rings. The van der Waals surface area contributed by atoms with E-state index in [-0.39, 0.29) is 0 Å². The lowest BCUT2D eigenvalue weighted by molar-refractivity contribution is 0.369. The third-order valence-corrected chi connectivity index (χ3v) is 2.88. The Hall–Kier alpha value is 0.480. The molecule has 0 saturated heterocycles. The summed E-state index contributed by atoms with van der Waals surface area (Å²) in [5.41, 5.74) is 0. The van der Waals surface area contributed by atoms with Crippen LogP contribution in [0.3, 0.4) is 0 Å². The maximum Gasteiger partial charge on any atom is 0.0171 e. The molecule has 2 atom stereocenters. The van der Waals surface area contributed by atoms with Crippen LogP contribution in [0.1, 0.15) is 19.8 Å². The highest BCUT2D eigenvalue weighted by atomic mass is 79.9. The molecule has 36 valence electrons. The molecule has 1 saturated carbocycles. The van der Waals surface area contributed by atoms with Crippen molar-refractivity contribution in [2.75, 3.05) is 0 Å². The molecule has 0 unspecified atom stereocenters. The molecule has 0 heterocycles. The minimum Gasteiger partial charge on any atom is -0.0888 e. The molecule has 0 radical (unpaired) electrons. The van der Waals surface area contributed by atoms with E-state index in [1.165, 1.54) is 12.8 Å².